The fourth-order valence-electron chi connectivity index (χ4n) is 1.78. The minimum Gasteiger partial charge on any atom is -0.496 e. The second kappa shape index (κ2) is 6.20. The molecule has 2 aromatic carbocycles. The lowest BCUT2D eigenvalue weighted by Crippen LogP contribution is -2.19. The summed E-state index contributed by atoms with van der Waals surface area (Å²) >= 11 is 0. The van der Waals surface area contributed by atoms with Crippen molar-refractivity contribution < 1.29 is 13.9 Å². The van der Waals surface area contributed by atoms with Gasteiger partial charge in [0.25, 0.3) is 0 Å². The zero-order chi connectivity index (χ0) is 13.7. The van der Waals surface area contributed by atoms with Gasteiger partial charge in [-0.25, -0.2) is 4.39 Å². The molecule has 2 rings (SSSR count). The Balaban J connectivity index is 2.01. The Morgan fingerprint density at radius 1 is 1.11 bits per heavy atom. The third-order valence-electron chi connectivity index (χ3n) is 2.78. The highest BCUT2D eigenvalue weighted by Gasteiger charge is 2.11. The molecule has 1 atom stereocenters. The van der Waals surface area contributed by atoms with E-state index >= 15 is 0 Å². The molecule has 4 heteroatoms. The van der Waals surface area contributed by atoms with Crippen LogP contribution in [0.2, 0.25) is 0 Å². The number of halogens is 1. The van der Waals surface area contributed by atoms with Gasteiger partial charge in [-0.1, -0.05) is 18.2 Å². The van der Waals surface area contributed by atoms with E-state index < -0.39 is 0 Å². The highest BCUT2D eigenvalue weighted by Crippen LogP contribution is 2.24. The highest BCUT2D eigenvalue weighted by molar-refractivity contribution is 5.35. The first-order chi connectivity index (χ1) is 9.20. The van der Waals surface area contributed by atoms with Crippen LogP contribution in [0.15, 0.2) is 48.5 Å². The molecular formula is C15H16FNO2. The van der Waals surface area contributed by atoms with Crippen molar-refractivity contribution >= 4 is 0 Å². The van der Waals surface area contributed by atoms with Gasteiger partial charge in [0.2, 0.25) is 0 Å². The molecule has 0 amide bonds. The standard InChI is InChI=1S/C15H16FNO2/c1-18-15-5-3-2-4-13(15)14(17)10-19-12-8-6-11(16)7-9-12/h2-9,14H,10,17H2,1H3. The van der Waals surface area contributed by atoms with Crippen LogP contribution in [0, 0.1) is 5.82 Å². The van der Waals surface area contributed by atoms with Gasteiger partial charge in [-0.2, -0.15) is 0 Å². The second-order valence-electron chi connectivity index (χ2n) is 4.11. The van der Waals surface area contributed by atoms with Crippen LogP contribution < -0.4 is 15.2 Å². The lowest BCUT2D eigenvalue weighted by atomic mass is 10.1. The van der Waals surface area contributed by atoms with E-state index in [2.05, 4.69) is 0 Å². The van der Waals surface area contributed by atoms with Crippen molar-refractivity contribution in [3.8, 4) is 11.5 Å². The fraction of sp³-hybridized carbons (Fsp3) is 0.200. The van der Waals surface area contributed by atoms with E-state index in [4.69, 9.17) is 15.2 Å². The van der Waals surface area contributed by atoms with Gasteiger partial charge in [-0.05, 0) is 30.3 Å². The van der Waals surface area contributed by atoms with Gasteiger partial charge in [-0.15, -0.1) is 0 Å². The lowest BCUT2D eigenvalue weighted by molar-refractivity contribution is 0.286. The number of benzene rings is 2. The molecule has 0 bridgehead atoms. The number of hydrogen-bond donors (Lipinski definition) is 1. The Bertz CT molecular complexity index is 528. The maximum absolute atomic E-state index is 12.8. The molecule has 0 saturated heterocycles. The molecule has 100 valence electrons. The van der Waals surface area contributed by atoms with Gasteiger partial charge < -0.3 is 15.2 Å². The second-order valence-corrected chi connectivity index (χ2v) is 4.11. The molecule has 0 heterocycles. The molecule has 19 heavy (non-hydrogen) atoms. The summed E-state index contributed by atoms with van der Waals surface area (Å²) in [6.45, 7) is 0.298. The molecule has 3 nitrogen and oxygen atoms in total. The summed E-state index contributed by atoms with van der Waals surface area (Å²) in [6.07, 6.45) is 0. The van der Waals surface area contributed by atoms with Crippen LogP contribution in [0.5, 0.6) is 11.5 Å². The number of hydrogen-bond acceptors (Lipinski definition) is 3. The van der Waals surface area contributed by atoms with Gasteiger partial charge >= 0.3 is 0 Å². The third kappa shape index (κ3) is 3.45. The number of methoxy groups -OCH3 is 1. The Morgan fingerprint density at radius 2 is 1.79 bits per heavy atom. The highest BCUT2D eigenvalue weighted by atomic mass is 19.1. The van der Waals surface area contributed by atoms with Crippen LogP contribution in [0.1, 0.15) is 11.6 Å². The van der Waals surface area contributed by atoms with Crippen molar-refractivity contribution in [1.29, 1.82) is 0 Å². The van der Waals surface area contributed by atoms with Gasteiger partial charge in [0.15, 0.2) is 0 Å². The minimum atomic E-state index is -0.304. The molecule has 2 aromatic rings. The normalized spacial score (nSPS) is 11.9. The van der Waals surface area contributed by atoms with E-state index in [0.717, 1.165) is 11.3 Å². The fourth-order valence-corrected chi connectivity index (χ4v) is 1.78. The van der Waals surface area contributed by atoms with Gasteiger partial charge in [-0.3, -0.25) is 0 Å². The quantitative estimate of drug-likeness (QED) is 0.900. The number of nitrogens with two attached hydrogens (primary N) is 1. The molecule has 0 radical (unpaired) electrons. The smallest absolute Gasteiger partial charge is 0.123 e. The zero-order valence-electron chi connectivity index (χ0n) is 10.7. The van der Waals surface area contributed by atoms with Crippen LogP contribution in [0.25, 0.3) is 0 Å². The van der Waals surface area contributed by atoms with Crippen molar-refractivity contribution in [3.05, 3.63) is 59.9 Å². The number of rotatable bonds is 5. The Morgan fingerprint density at radius 3 is 2.47 bits per heavy atom. The molecule has 0 spiro atoms. The SMILES string of the molecule is COc1ccccc1C(N)COc1ccc(F)cc1. The van der Waals surface area contributed by atoms with Crippen molar-refractivity contribution in [2.75, 3.05) is 13.7 Å². The summed E-state index contributed by atoms with van der Waals surface area (Å²) in [5.74, 6) is 1.03. The summed E-state index contributed by atoms with van der Waals surface area (Å²) in [7, 11) is 1.60. The first-order valence-corrected chi connectivity index (χ1v) is 5.97. The van der Waals surface area contributed by atoms with E-state index in [-0.39, 0.29) is 11.9 Å². The molecule has 1 unspecified atom stereocenters. The summed E-state index contributed by atoms with van der Waals surface area (Å²) < 4.78 is 23.5. The van der Waals surface area contributed by atoms with Crippen LogP contribution in [-0.2, 0) is 0 Å². The van der Waals surface area contributed by atoms with E-state index in [9.17, 15) is 4.39 Å². The number of ether oxygens (including phenoxy) is 2. The van der Waals surface area contributed by atoms with Crippen LogP contribution in [0.3, 0.4) is 0 Å². The minimum absolute atomic E-state index is 0.290. The largest absolute Gasteiger partial charge is 0.496 e. The van der Waals surface area contributed by atoms with E-state index in [1.807, 2.05) is 24.3 Å². The molecule has 2 N–H and O–H groups in total. The lowest BCUT2D eigenvalue weighted by Gasteiger charge is -2.16. The molecule has 0 fully saturated rings. The van der Waals surface area contributed by atoms with Gasteiger partial charge in [0.1, 0.15) is 23.9 Å². The first-order valence-electron chi connectivity index (χ1n) is 5.97. The Kier molecular flexibility index (Phi) is 4.36. The average molecular weight is 261 g/mol. The summed E-state index contributed by atoms with van der Waals surface area (Å²) in [6, 6.07) is 13.1. The Labute approximate surface area is 111 Å². The summed E-state index contributed by atoms with van der Waals surface area (Å²) in [4.78, 5) is 0. The average Bonchev–Trinajstić information content (AvgIpc) is 2.46. The zero-order valence-corrected chi connectivity index (χ0v) is 10.7. The number of para-hydroxylation sites is 1. The van der Waals surface area contributed by atoms with Crippen LogP contribution >= 0.6 is 0 Å². The molecule has 0 aliphatic carbocycles. The monoisotopic (exact) mass is 261 g/mol. The molecule has 0 aliphatic heterocycles. The van der Waals surface area contributed by atoms with Gasteiger partial charge in [0.05, 0.1) is 13.2 Å². The van der Waals surface area contributed by atoms with E-state index in [0.29, 0.717) is 12.4 Å². The summed E-state index contributed by atoms with van der Waals surface area (Å²) in [5, 5.41) is 0. The third-order valence-corrected chi connectivity index (χ3v) is 2.78. The van der Waals surface area contributed by atoms with Crippen LogP contribution in [0.4, 0.5) is 4.39 Å². The van der Waals surface area contributed by atoms with Crippen molar-refractivity contribution in [2.45, 2.75) is 6.04 Å². The van der Waals surface area contributed by atoms with Crippen LogP contribution in [-0.4, -0.2) is 13.7 Å². The first kappa shape index (κ1) is 13.4. The van der Waals surface area contributed by atoms with E-state index in [1.165, 1.54) is 12.1 Å². The van der Waals surface area contributed by atoms with Crippen molar-refractivity contribution in [3.63, 3.8) is 0 Å². The Hall–Kier alpha value is -2.07. The molecule has 0 aliphatic rings. The topological polar surface area (TPSA) is 44.5 Å². The molecule has 0 saturated carbocycles. The van der Waals surface area contributed by atoms with Crippen molar-refractivity contribution in [1.82, 2.24) is 0 Å². The van der Waals surface area contributed by atoms with Crippen molar-refractivity contribution in [2.24, 2.45) is 5.73 Å². The summed E-state index contributed by atoms with van der Waals surface area (Å²) in [5.41, 5.74) is 6.95. The predicted molar refractivity (Wildman–Crippen MR) is 71.8 cm³/mol. The van der Waals surface area contributed by atoms with E-state index in [1.54, 1.807) is 19.2 Å². The maximum atomic E-state index is 12.8. The molecule has 0 aromatic heterocycles. The predicted octanol–water partition coefficient (Wildman–Crippen LogP) is 2.91. The maximum Gasteiger partial charge on any atom is 0.123 e. The molecular weight excluding hydrogens is 245 g/mol. The van der Waals surface area contributed by atoms with Gasteiger partial charge in [0, 0.05) is 5.56 Å².